The highest BCUT2D eigenvalue weighted by Gasteiger charge is 2.29. The van der Waals surface area contributed by atoms with Gasteiger partial charge in [-0.1, -0.05) is 43.9 Å². The molecule has 1 aromatic carbocycles. The van der Waals surface area contributed by atoms with Crippen LogP contribution in [0, 0.1) is 11.8 Å². The summed E-state index contributed by atoms with van der Waals surface area (Å²) in [6.45, 7) is 3.33. The SMILES string of the molecule is C[C@H](Cn1cnc2c(N)ncnc21)OCP(=O)(O)OCCCOCCCCCCCCCC#Cc1ccc(C(F)(F)F)cc1. The lowest BCUT2D eigenvalue weighted by atomic mass is 10.1. The molecule has 44 heavy (non-hydrogen) atoms. The molecule has 0 aliphatic heterocycles. The lowest BCUT2D eigenvalue weighted by Gasteiger charge is -2.17. The van der Waals surface area contributed by atoms with Gasteiger partial charge in [0.2, 0.25) is 0 Å². The molecule has 0 amide bonds. The van der Waals surface area contributed by atoms with E-state index >= 15 is 0 Å². The van der Waals surface area contributed by atoms with Crippen molar-refractivity contribution in [2.45, 2.75) is 83.5 Å². The second-order valence-corrected chi connectivity index (χ2v) is 12.3. The second-order valence-electron chi connectivity index (χ2n) is 10.5. The average molecular weight is 640 g/mol. The number of hydrogen-bond acceptors (Lipinski definition) is 8. The van der Waals surface area contributed by atoms with E-state index in [0.29, 0.717) is 42.9 Å². The summed E-state index contributed by atoms with van der Waals surface area (Å²) in [5.74, 6) is 6.23. The van der Waals surface area contributed by atoms with E-state index in [0.717, 1.165) is 63.5 Å². The number of nitrogens with zero attached hydrogens (tertiary/aromatic N) is 4. The molecule has 0 aliphatic carbocycles. The number of rotatable bonds is 19. The molecule has 1 unspecified atom stereocenters. The Kier molecular flexibility index (Phi) is 14.6. The maximum absolute atomic E-state index is 12.6. The van der Waals surface area contributed by atoms with Crippen molar-refractivity contribution in [1.82, 2.24) is 19.5 Å². The van der Waals surface area contributed by atoms with Gasteiger partial charge in [-0.15, -0.1) is 0 Å². The highest BCUT2D eigenvalue weighted by Crippen LogP contribution is 2.42. The molecule has 0 radical (unpaired) electrons. The van der Waals surface area contributed by atoms with Gasteiger partial charge in [0, 0.05) is 25.2 Å². The normalized spacial score (nSPS) is 13.8. The molecular weight excluding hydrogens is 598 g/mol. The standard InChI is InChI=1S/C30H41F3N5O5P/c1-24(20-38-22-37-27-28(34)35-21-36-29(27)38)42-23-44(39,40)43-19-11-18-41-17-10-8-6-4-2-3-5-7-9-12-25-13-15-26(16-14-25)30(31,32)33/h13-16,21-22,24H,2-8,10-11,17-20,23H2,1H3,(H,39,40)(H2,34,35,36)/t24-/m1/s1. The van der Waals surface area contributed by atoms with Gasteiger partial charge in [0.05, 0.1) is 31.1 Å². The highest BCUT2D eigenvalue weighted by molar-refractivity contribution is 7.52. The maximum Gasteiger partial charge on any atom is 0.416 e. The number of fused-ring (bicyclic) bond motifs is 1. The van der Waals surface area contributed by atoms with Gasteiger partial charge < -0.3 is 29.2 Å². The molecule has 3 N–H and O–H groups in total. The van der Waals surface area contributed by atoms with Crippen LogP contribution in [0.3, 0.4) is 0 Å². The first-order valence-electron chi connectivity index (χ1n) is 14.8. The van der Waals surface area contributed by atoms with Crippen molar-refractivity contribution in [1.29, 1.82) is 0 Å². The minimum atomic E-state index is -4.33. The molecule has 0 aliphatic rings. The number of aromatic nitrogens is 4. The molecule has 0 bridgehead atoms. The van der Waals surface area contributed by atoms with E-state index in [1.807, 2.05) is 0 Å². The second kappa shape index (κ2) is 18.1. The van der Waals surface area contributed by atoms with E-state index in [4.69, 9.17) is 19.7 Å². The topological polar surface area (TPSA) is 135 Å². The minimum Gasteiger partial charge on any atom is -0.382 e. The molecule has 2 heterocycles. The van der Waals surface area contributed by atoms with E-state index in [9.17, 15) is 22.6 Å². The number of alkyl halides is 3. The minimum absolute atomic E-state index is 0.0998. The number of halogens is 3. The summed E-state index contributed by atoms with van der Waals surface area (Å²) in [6.07, 6.45) is 6.46. The Hall–Kier alpha value is -3.01. The Labute approximate surface area is 256 Å². The molecule has 0 fully saturated rings. The highest BCUT2D eigenvalue weighted by atomic mass is 31.2. The molecule has 242 valence electrons. The number of unbranched alkanes of at least 4 members (excludes halogenated alkanes) is 7. The summed E-state index contributed by atoms with van der Waals surface area (Å²) >= 11 is 0. The average Bonchev–Trinajstić information content (AvgIpc) is 3.39. The Bertz CT molecular complexity index is 1390. The third-order valence-electron chi connectivity index (χ3n) is 6.67. The summed E-state index contributed by atoms with van der Waals surface area (Å²) < 4.78 is 68.1. The lowest BCUT2D eigenvalue weighted by Crippen LogP contribution is -2.17. The zero-order valence-electron chi connectivity index (χ0n) is 25.0. The third kappa shape index (κ3) is 12.9. The fraction of sp³-hybridized carbons (Fsp3) is 0.567. The van der Waals surface area contributed by atoms with Crippen LogP contribution >= 0.6 is 7.60 Å². The van der Waals surface area contributed by atoms with Crippen molar-refractivity contribution in [2.24, 2.45) is 0 Å². The molecule has 10 nitrogen and oxygen atoms in total. The van der Waals surface area contributed by atoms with Gasteiger partial charge in [0.15, 0.2) is 11.5 Å². The van der Waals surface area contributed by atoms with Crippen LogP contribution in [0.15, 0.2) is 36.9 Å². The quantitative estimate of drug-likeness (QED) is 0.0848. The third-order valence-corrected chi connectivity index (χ3v) is 7.73. The first-order valence-corrected chi connectivity index (χ1v) is 16.5. The van der Waals surface area contributed by atoms with E-state index in [1.54, 1.807) is 17.8 Å². The number of anilines is 1. The van der Waals surface area contributed by atoms with Crippen LogP contribution in [0.4, 0.5) is 19.0 Å². The molecule has 2 atom stereocenters. The maximum atomic E-state index is 12.6. The van der Waals surface area contributed by atoms with Crippen molar-refractivity contribution in [3.05, 3.63) is 48.0 Å². The molecule has 2 aromatic heterocycles. The molecule has 0 saturated carbocycles. The van der Waals surface area contributed by atoms with Crippen LogP contribution < -0.4 is 5.73 Å². The zero-order valence-corrected chi connectivity index (χ0v) is 25.9. The predicted molar refractivity (Wildman–Crippen MR) is 162 cm³/mol. The molecular formula is C30H41F3N5O5P. The van der Waals surface area contributed by atoms with Gasteiger partial charge >= 0.3 is 13.8 Å². The van der Waals surface area contributed by atoms with Crippen LogP contribution in [0.25, 0.3) is 11.2 Å². The van der Waals surface area contributed by atoms with Crippen LogP contribution in [-0.4, -0.2) is 56.7 Å². The van der Waals surface area contributed by atoms with Crippen molar-refractivity contribution >= 4 is 24.6 Å². The first-order chi connectivity index (χ1) is 21.0. The van der Waals surface area contributed by atoms with Crippen LogP contribution in [0.5, 0.6) is 0 Å². The summed E-state index contributed by atoms with van der Waals surface area (Å²) in [6, 6.07) is 4.92. The van der Waals surface area contributed by atoms with Gasteiger partial charge in [-0.2, -0.15) is 13.2 Å². The number of hydrogen-bond donors (Lipinski definition) is 2. The molecule has 3 rings (SSSR count). The molecule has 0 saturated heterocycles. The van der Waals surface area contributed by atoms with E-state index < -0.39 is 25.7 Å². The molecule has 0 spiro atoms. The fourth-order valence-corrected chi connectivity index (χ4v) is 5.23. The predicted octanol–water partition coefficient (Wildman–Crippen LogP) is 6.57. The fourth-order valence-electron chi connectivity index (χ4n) is 4.30. The molecule has 14 heteroatoms. The Morgan fingerprint density at radius 3 is 2.39 bits per heavy atom. The van der Waals surface area contributed by atoms with Gasteiger partial charge in [-0.3, -0.25) is 4.57 Å². The summed E-state index contributed by atoms with van der Waals surface area (Å²) in [5.41, 5.74) is 6.78. The number of imidazole rings is 1. The Morgan fingerprint density at radius 1 is 0.977 bits per heavy atom. The molecule has 3 aromatic rings. The number of ether oxygens (including phenoxy) is 2. The van der Waals surface area contributed by atoms with E-state index in [2.05, 4.69) is 26.8 Å². The van der Waals surface area contributed by atoms with Crippen molar-refractivity contribution in [2.75, 3.05) is 31.9 Å². The van der Waals surface area contributed by atoms with Gasteiger partial charge in [0.1, 0.15) is 18.2 Å². The summed E-state index contributed by atoms with van der Waals surface area (Å²) in [7, 11) is -3.89. The summed E-state index contributed by atoms with van der Waals surface area (Å²) in [5, 5.41) is 0. The number of nitrogens with two attached hydrogens (primary N) is 1. The first kappa shape index (κ1) is 35.5. The monoisotopic (exact) mass is 639 g/mol. The number of nitrogen functional groups attached to an aromatic ring is 1. The van der Waals surface area contributed by atoms with Gasteiger partial charge in [-0.05, 0) is 50.5 Å². The van der Waals surface area contributed by atoms with Gasteiger partial charge in [-0.25, -0.2) is 15.0 Å². The zero-order chi connectivity index (χ0) is 31.8. The van der Waals surface area contributed by atoms with Crippen molar-refractivity contribution in [3.63, 3.8) is 0 Å². The summed E-state index contributed by atoms with van der Waals surface area (Å²) in [4.78, 5) is 22.3. The van der Waals surface area contributed by atoms with Crippen LogP contribution in [0.1, 0.15) is 75.8 Å². The smallest absolute Gasteiger partial charge is 0.382 e. The van der Waals surface area contributed by atoms with E-state index in [1.165, 1.54) is 18.5 Å². The largest absolute Gasteiger partial charge is 0.416 e. The van der Waals surface area contributed by atoms with Crippen molar-refractivity contribution < 1.29 is 36.6 Å². The Balaban J connectivity index is 1.11. The number of benzene rings is 1. The van der Waals surface area contributed by atoms with Crippen LogP contribution in [-0.2, 0) is 31.3 Å². The van der Waals surface area contributed by atoms with E-state index in [-0.39, 0.29) is 18.5 Å². The van der Waals surface area contributed by atoms with Crippen molar-refractivity contribution in [3.8, 4) is 11.8 Å². The Morgan fingerprint density at radius 2 is 1.66 bits per heavy atom. The lowest BCUT2D eigenvalue weighted by molar-refractivity contribution is -0.137. The van der Waals surface area contributed by atoms with Gasteiger partial charge in [0.25, 0.3) is 0 Å². The van der Waals surface area contributed by atoms with Crippen LogP contribution in [0.2, 0.25) is 0 Å².